The summed E-state index contributed by atoms with van der Waals surface area (Å²) in [4.78, 5) is 11.6. The molecule has 0 saturated carbocycles. The molecule has 0 aromatic heterocycles. The van der Waals surface area contributed by atoms with Crippen LogP contribution in [0.2, 0.25) is 0 Å². The Labute approximate surface area is 91.9 Å². The molecule has 1 aliphatic heterocycles. The molecule has 0 bridgehead atoms. The van der Waals surface area contributed by atoms with Crippen LogP contribution in [-0.4, -0.2) is 41.3 Å². The first-order chi connectivity index (χ1) is 6.74. The predicted molar refractivity (Wildman–Crippen MR) is 57.2 cm³/mol. The summed E-state index contributed by atoms with van der Waals surface area (Å²) in [7, 11) is 0. The van der Waals surface area contributed by atoms with Gasteiger partial charge in [-0.15, -0.1) is 0 Å². The number of carboxylic acid groups (broad SMARTS) is 1. The monoisotopic (exact) mass is 214 g/mol. The molecule has 1 aliphatic rings. The number of quaternary nitrogens is 1. The van der Waals surface area contributed by atoms with E-state index in [4.69, 9.17) is 0 Å². The highest BCUT2D eigenvalue weighted by Gasteiger charge is 2.52. The summed E-state index contributed by atoms with van der Waals surface area (Å²) in [6, 6.07) is 0.0810. The first-order valence-electron chi connectivity index (χ1n) is 5.55. The number of nitrogens with one attached hydrogen (secondary N) is 1. The lowest BCUT2D eigenvalue weighted by atomic mass is 9.92. The minimum atomic E-state index is -0.955. The van der Waals surface area contributed by atoms with Crippen LogP contribution in [0.1, 0.15) is 34.6 Å². The molecule has 0 spiro atoms. The zero-order valence-corrected chi connectivity index (χ0v) is 10.3. The molecular formula is C11H22N2O2. The van der Waals surface area contributed by atoms with E-state index in [2.05, 4.69) is 5.32 Å². The van der Waals surface area contributed by atoms with Crippen LogP contribution in [0, 0.1) is 0 Å². The Morgan fingerprint density at radius 1 is 1.27 bits per heavy atom. The number of carbonyl (C=O) groups is 1. The molecule has 15 heavy (non-hydrogen) atoms. The number of rotatable bonds is 0. The van der Waals surface area contributed by atoms with Gasteiger partial charge in [-0.25, -0.2) is 0 Å². The summed E-state index contributed by atoms with van der Waals surface area (Å²) < 4.78 is 0.0417. The molecule has 1 unspecified atom stereocenters. The Morgan fingerprint density at radius 2 is 1.67 bits per heavy atom. The summed E-state index contributed by atoms with van der Waals surface area (Å²) in [5.74, 6) is 0. The molecule has 3 atom stereocenters. The highest BCUT2D eigenvalue weighted by atomic mass is 16.4. The maximum atomic E-state index is 11.6. The van der Waals surface area contributed by atoms with Gasteiger partial charge >= 0.3 is 0 Å². The highest BCUT2D eigenvalue weighted by molar-refractivity contribution is 5.55. The van der Waals surface area contributed by atoms with Gasteiger partial charge in [0.1, 0.15) is 12.1 Å². The summed E-state index contributed by atoms with van der Waals surface area (Å²) >= 11 is 0. The summed E-state index contributed by atoms with van der Waals surface area (Å²) in [6.07, 6.45) is -0.955. The molecule has 0 aromatic rings. The molecule has 1 saturated heterocycles. The first-order valence-corrected chi connectivity index (χ1v) is 5.55. The molecule has 0 aliphatic carbocycles. The smallest absolute Gasteiger partial charge is 0.258 e. The first kappa shape index (κ1) is 12.5. The Kier molecular flexibility index (Phi) is 3.12. The number of hydrogen-bond donors (Lipinski definition) is 1. The summed E-state index contributed by atoms with van der Waals surface area (Å²) in [5, 5.41) is 14.8. The van der Waals surface area contributed by atoms with E-state index in [1.165, 1.54) is 0 Å². The van der Waals surface area contributed by atoms with Crippen molar-refractivity contribution >= 4 is 6.09 Å². The Morgan fingerprint density at radius 3 is 1.87 bits per heavy atom. The van der Waals surface area contributed by atoms with Crippen molar-refractivity contribution in [3.05, 3.63) is 0 Å². The summed E-state index contributed by atoms with van der Waals surface area (Å²) in [5.41, 5.74) is -0.334. The minimum absolute atomic E-state index is 0.0405. The Hall–Kier alpha value is -0.610. The van der Waals surface area contributed by atoms with E-state index < -0.39 is 6.09 Å². The van der Waals surface area contributed by atoms with E-state index in [0.29, 0.717) is 0 Å². The van der Waals surface area contributed by atoms with Gasteiger partial charge in [-0.05, 0) is 34.6 Å². The fourth-order valence-corrected chi connectivity index (χ4v) is 3.18. The van der Waals surface area contributed by atoms with Crippen LogP contribution in [0.5, 0.6) is 0 Å². The molecule has 88 valence electrons. The molecule has 1 N–H and O–H groups in total. The van der Waals surface area contributed by atoms with Gasteiger partial charge in [0.15, 0.2) is 0 Å². The normalized spacial score (nSPS) is 37.7. The fraction of sp³-hybridized carbons (Fsp3) is 0.909. The third kappa shape index (κ3) is 1.66. The Bertz CT molecular complexity index is 248. The number of nitrogens with zero attached hydrogens (tertiary/aromatic N) is 1. The molecule has 1 rings (SSSR count). The lowest BCUT2D eigenvalue weighted by molar-refractivity contribution is -0.961. The zero-order valence-electron chi connectivity index (χ0n) is 10.3. The second-order valence-corrected chi connectivity index (χ2v) is 5.57. The third-order valence-electron chi connectivity index (χ3n) is 3.68. The average Bonchev–Trinajstić information content (AvgIpc) is 2.00. The maximum absolute atomic E-state index is 11.6. The van der Waals surface area contributed by atoms with E-state index >= 15 is 0 Å². The van der Waals surface area contributed by atoms with Gasteiger partial charge < -0.3 is 15.2 Å². The van der Waals surface area contributed by atoms with Crippen molar-refractivity contribution in [1.29, 1.82) is 0 Å². The third-order valence-corrected chi connectivity index (χ3v) is 3.68. The van der Waals surface area contributed by atoms with E-state index in [1.54, 1.807) is 0 Å². The van der Waals surface area contributed by atoms with Crippen LogP contribution in [0.4, 0.5) is 4.79 Å². The van der Waals surface area contributed by atoms with Gasteiger partial charge in [0.05, 0.1) is 5.54 Å². The molecule has 1 amide bonds. The van der Waals surface area contributed by atoms with Gasteiger partial charge in [-0.2, -0.15) is 0 Å². The van der Waals surface area contributed by atoms with Crippen LogP contribution in [0.25, 0.3) is 0 Å². The quantitative estimate of drug-likeness (QED) is 0.591. The van der Waals surface area contributed by atoms with E-state index in [1.807, 2.05) is 34.6 Å². The number of carbonyl (C=O) groups excluding carboxylic acids is 1. The van der Waals surface area contributed by atoms with Crippen molar-refractivity contribution in [2.75, 3.05) is 13.1 Å². The van der Waals surface area contributed by atoms with Crippen molar-refractivity contribution in [2.24, 2.45) is 0 Å². The molecular weight excluding hydrogens is 192 g/mol. The fourth-order valence-electron chi connectivity index (χ4n) is 3.18. The molecule has 1 heterocycles. The van der Waals surface area contributed by atoms with Gasteiger partial charge in [0, 0.05) is 13.1 Å². The second kappa shape index (κ2) is 3.76. The van der Waals surface area contributed by atoms with E-state index in [9.17, 15) is 9.90 Å². The van der Waals surface area contributed by atoms with Gasteiger partial charge in [-0.3, -0.25) is 4.48 Å². The van der Waals surface area contributed by atoms with E-state index in [0.717, 1.165) is 13.1 Å². The van der Waals surface area contributed by atoms with Crippen LogP contribution in [0.15, 0.2) is 0 Å². The SMILES string of the molecule is C[C@@H]1CNC[C@H](C)[N+]1(C(=O)[O-])C(C)(C)C. The van der Waals surface area contributed by atoms with Crippen LogP contribution in [-0.2, 0) is 0 Å². The van der Waals surface area contributed by atoms with Crippen molar-refractivity contribution in [1.82, 2.24) is 5.32 Å². The van der Waals surface area contributed by atoms with Gasteiger partial charge in [-0.1, -0.05) is 0 Å². The lowest BCUT2D eigenvalue weighted by Crippen LogP contribution is -2.79. The van der Waals surface area contributed by atoms with Crippen molar-refractivity contribution in [3.8, 4) is 0 Å². The number of hydrogen-bond acceptors (Lipinski definition) is 3. The molecule has 0 radical (unpaired) electrons. The molecule has 0 aromatic carbocycles. The Balaban J connectivity index is 3.23. The topological polar surface area (TPSA) is 52.2 Å². The maximum Gasteiger partial charge on any atom is 0.258 e. The molecule has 4 nitrogen and oxygen atoms in total. The minimum Gasteiger partial charge on any atom is -0.498 e. The van der Waals surface area contributed by atoms with Crippen molar-refractivity contribution < 1.29 is 14.4 Å². The standard InChI is InChI=1S/C11H22N2O2/c1-8-6-12-7-9(2)13(8,10(14)15)11(3,4)5/h8-9,12H,6-7H2,1-5H3/t8-,9+,13?. The zero-order chi connectivity index (χ0) is 11.9. The molecule has 4 heteroatoms. The lowest BCUT2D eigenvalue weighted by Gasteiger charge is -2.57. The van der Waals surface area contributed by atoms with Crippen molar-refractivity contribution in [2.45, 2.75) is 52.2 Å². The van der Waals surface area contributed by atoms with Crippen molar-refractivity contribution in [3.63, 3.8) is 0 Å². The average molecular weight is 214 g/mol. The van der Waals surface area contributed by atoms with Gasteiger partial charge in [0.25, 0.3) is 6.09 Å². The predicted octanol–water partition coefficient (Wildman–Crippen LogP) is 0.325. The summed E-state index contributed by atoms with van der Waals surface area (Å²) in [6.45, 7) is 11.3. The van der Waals surface area contributed by atoms with Crippen LogP contribution in [0.3, 0.4) is 0 Å². The number of piperazine rings is 1. The van der Waals surface area contributed by atoms with E-state index in [-0.39, 0.29) is 22.1 Å². The van der Waals surface area contributed by atoms with Crippen LogP contribution < -0.4 is 10.4 Å². The van der Waals surface area contributed by atoms with Gasteiger partial charge in [0.2, 0.25) is 0 Å². The molecule has 1 fully saturated rings. The number of amides is 1. The highest BCUT2D eigenvalue weighted by Crippen LogP contribution is 2.33. The largest absolute Gasteiger partial charge is 0.498 e. The van der Waals surface area contributed by atoms with Crippen LogP contribution >= 0.6 is 0 Å². The second-order valence-electron chi connectivity index (χ2n) is 5.57.